The van der Waals surface area contributed by atoms with E-state index < -0.39 is 5.91 Å². The van der Waals surface area contributed by atoms with Crippen molar-refractivity contribution in [2.75, 3.05) is 18.0 Å². The zero-order chi connectivity index (χ0) is 17.4. The second-order valence-corrected chi connectivity index (χ2v) is 6.44. The van der Waals surface area contributed by atoms with Crippen molar-refractivity contribution in [3.8, 4) is 11.4 Å². The molecule has 4 rings (SSSR count). The average Bonchev–Trinajstić information content (AvgIpc) is 3.05. The molecule has 1 aliphatic heterocycles. The molecule has 2 N–H and O–H groups in total. The summed E-state index contributed by atoms with van der Waals surface area (Å²) in [5.41, 5.74) is 7.67. The van der Waals surface area contributed by atoms with Gasteiger partial charge in [-0.15, -0.1) is 0 Å². The molecule has 4 heterocycles. The molecule has 8 nitrogen and oxygen atoms in total. The minimum absolute atomic E-state index is 0.186. The summed E-state index contributed by atoms with van der Waals surface area (Å²) in [6, 6.07) is 1.84. The van der Waals surface area contributed by atoms with Gasteiger partial charge in [-0.25, -0.2) is 19.9 Å². The highest BCUT2D eigenvalue weighted by atomic mass is 16.1. The van der Waals surface area contributed by atoms with Crippen LogP contribution in [0.15, 0.2) is 30.9 Å². The number of piperidine rings is 1. The van der Waals surface area contributed by atoms with Gasteiger partial charge in [0.2, 0.25) is 5.95 Å². The van der Waals surface area contributed by atoms with Gasteiger partial charge in [0.1, 0.15) is 5.69 Å². The quantitative estimate of drug-likeness (QED) is 0.777. The Labute approximate surface area is 144 Å². The predicted molar refractivity (Wildman–Crippen MR) is 93.1 cm³/mol. The maximum absolute atomic E-state index is 11.4. The van der Waals surface area contributed by atoms with E-state index in [4.69, 9.17) is 10.7 Å². The number of hydrogen-bond donors (Lipinski definition) is 1. The van der Waals surface area contributed by atoms with Gasteiger partial charge in [0.05, 0.1) is 23.8 Å². The van der Waals surface area contributed by atoms with Crippen LogP contribution in [0, 0.1) is 5.92 Å². The van der Waals surface area contributed by atoms with E-state index in [2.05, 4.69) is 26.8 Å². The fourth-order valence-electron chi connectivity index (χ4n) is 3.22. The maximum Gasteiger partial charge on any atom is 0.268 e. The average molecular weight is 337 g/mol. The summed E-state index contributed by atoms with van der Waals surface area (Å²) >= 11 is 0. The van der Waals surface area contributed by atoms with Gasteiger partial charge in [-0.2, -0.15) is 0 Å². The van der Waals surface area contributed by atoms with E-state index >= 15 is 0 Å². The molecule has 1 amide bonds. The Balaban J connectivity index is 1.75. The molecule has 1 unspecified atom stereocenters. The Hall–Kier alpha value is -3.03. The lowest BCUT2D eigenvalue weighted by Gasteiger charge is -2.30. The molecule has 128 valence electrons. The van der Waals surface area contributed by atoms with E-state index in [1.807, 2.05) is 6.07 Å². The van der Waals surface area contributed by atoms with Crippen LogP contribution in [0.5, 0.6) is 0 Å². The molecule has 1 saturated heterocycles. The third kappa shape index (κ3) is 2.90. The van der Waals surface area contributed by atoms with Crippen molar-refractivity contribution < 1.29 is 4.79 Å². The van der Waals surface area contributed by atoms with Crippen LogP contribution in [0.4, 0.5) is 5.95 Å². The van der Waals surface area contributed by atoms with E-state index in [9.17, 15) is 4.79 Å². The number of primary amides is 1. The normalized spacial score (nSPS) is 17.8. The van der Waals surface area contributed by atoms with Gasteiger partial charge >= 0.3 is 0 Å². The fourth-order valence-corrected chi connectivity index (χ4v) is 3.22. The Bertz CT molecular complexity index is 936. The summed E-state index contributed by atoms with van der Waals surface area (Å²) in [5.74, 6) is 0.788. The third-order valence-electron chi connectivity index (χ3n) is 4.49. The van der Waals surface area contributed by atoms with Crippen LogP contribution in [-0.4, -0.2) is 43.3 Å². The van der Waals surface area contributed by atoms with Gasteiger partial charge in [-0.1, -0.05) is 6.92 Å². The van der Waals surface area contributed by atoms with Crippen molar-refractivity contribution in [2.45, 2.75) is 19.8 Å². The first-order chi connectivity index (χ1) is 12.1. The molecule has 25 heavy (non-hydrogen) atoms. The number of nitrogens with two attached hydrogens (primary N) is 1. The molecule has 1 aliphatic rings. The number of fused-ring (bicyclic) bond motifs is 1. The molecule has 0 bridgehead atoms. The number of amides is 1. The molecule has 3 aromatic heterocycles. The summed E-state index contributed by atoms with van der Waals surface area (Å²) in [6.07, 6.45) is 8.98. The largest absolute Gasteiger partial charge is 0.364 e. The van der Waals surface area contributed by atoms with E-state index in [0.717, 1.165) is 36.8 Å². The Kier molecular flexibility index (Phi) is 3.79. The lowest BCUT2D eigenvalue weighted by Crippen LogP contribution is -2.35. The predicted octanol–water partition coefficient (Wildman–Crippen LogP) is 1.52. The zero-order valence-corrected chi connectivity index (χ0v) is 14.0. The number of rotatable bonds is 3. The fraction of sp³-hybridized carbons (Fsp3) is 0.353. The number of aromatic nitrogens is 5. The number of hydrogen-bond acceptors (Lipinski definition) is 6. The number of imidazole rings is 1. The van der Waals surface area contributed by atoms with Gasteiger partial charge in [0, 0.05) is 25.5 Å². The first-order valence-corrected chi connectivity index (χ1v) is 8.33. The van der Waals surface area contributed by atoms with Gasteiger partial charge in [-0.05, 0) is 24.8 Å². The maximum atomic E-state index is 11.4. The molecule has 8 heteroatoms. The van der Waals surface area contributed by atoms with Crippen molar-refractivity contribution >= 4 is 17.5 Å². The van der Waals surface area contributed by atoms with Crippen molar-refractivity contribution in [1.82, 2.24) is 24.3 Å². The second kappa shape index (κ2) is 6.12. The molecule has 1 fully saturated rings. The van der Waals surface area contributed by atoms with Crippen LogP contribution in [0.3, 0.4) is 0 Å². The van der Waals surface area contributed by atoms with Gasteiger partial charge in [0.25, 0.3) is 5.91 Å². The number of anilines is 1. The molecular formula is C17H19N7O. The highest BCUT2D eigenvalue weighted by molar-refractivity contribution is 5.90. The van der Waals surface area contributed by atoms with Gasteiger partial charge in [0.15, 0.2) is 5.65 Å². The number of nitrogens with zero attached hydrogens (tertiary/aromatic N) is 6. The van der Waals surface area contributed by atoms with Crippen LogP contribution < -0.4 is 10.6 Å². The van der Waals surface area contributed by atoms with Crippen LogP contribution in [0.2, 0.25) is 0 Å². The molecule has 0 saturated carbocycles. The number of carbonyl (C=O) groups excluding carboxylic acids is 1. The Morgan fingerprint density at radius 2 is 2.16 bits per heavy atom. The monoisotopic (exact) mass is 337 g/mol. The van der Waals surface area contributed by atoms with E-state index in [0.29, 0.717) is 11.6 Å². The number of carbonyl (C=O) groups is 1. The summed E-state index contributed by atoms with van der Waals surface area (Å²) in [5, 5.41) is 0. The Morgan fingerprint density at radius 1 is 1.28 bits per heavy atom. The third-order valence-corrected chi connectivity index (χ3v) is 4.49. The second-order valence-electron chi connectivity index (χ2n) is 6.44. The summed E-state index contributed by atoms with van der Waals surface area (Å²) in [6.45, 7) is 4.18. The molecule has 0 aromatic carbocycles. The summed E-state index contributed by atoms with van der Waals surface area (Å²) in [4.78, 5) is 31.1. The first kappa shape index (κ1) is 15.5. The smallest absolute Gasteiger partial charge is 0.268 e. The SMILES string of the molecule is CC1CCCN(c2nccc(-c3cnc4cnc(C(N)=O)cn34)n2)C1. The first-order valence-electron chi connectivity index (χ1n) is 8.33. The minimum Gasteiger partial charge on any atom is -0.364 e. The highest BCUT2D eigenvalue weighted by Crippen LogP contribution is 2.23. The lowest BCUT2D eigenvalue weighted by molar-refractivity contribution is 0.0995. The van der Waals surface area contributed by atoms with Crippen molar-refractivity contribution in [3.63, 3.8) is 0 Å². The Morgan fingerprint density at radius 3 is 2.96 bits per heavy atom. The molecule has 3 aromatic rings. The standard InChI is InChI=1S/C17H19N7O/c1-11-3-2-6-23(9-11)17-19-5-4-12(22-17)14-7-21-15-8-20-13(16(18)25)10-24(14)15/h4-5,7-8,10-11H,2-3,6,9H2,1H3,(H2,18,25). The van der Waals surface area contributed by atoms with Crippen LogP contribution in [-0.2, 0) is 0 Å². The van der Waals surface area contributed by atoms with Crippen molar-refractivity contribution in [2.24, 2.45) is 11.7 Å². The van der Waals surface area contributed by atoms with Gasteiger partial charge in [-0.3, -0.25) is 9.20 Å². The highest BCUT2D eigenvalue weighted by Gasteiger charge is 2.19. The van der Waals surface area contributed by atoms with Gasteiger partial charge < -0.3 is 10.6 Å². The molecule has 1 atom stereocenters. The van der Waals surface area contributed by atoms with E-state index in [-0.39, 0.29) is 5.69 Å². The molecule has 0 aliphatic carbocycles. The van der Waals surface area contributed by atoms with E-state index in [1.165, 1.54) is 12.6 Å². The summed E-state index contributed by atoms with van der Waals surface area (Å²) in [7, 11) is 0. The lowest BCUT2D eigenvalue weighted by atomic mass is 10.0. The molecular weight excluding hydrogens is 318 g/mol. The van der Waals surface area contributed by atoms with Crippen LogP contribution in [0.1, 0.15) is 30.3 Å². The minimum atomic E-state index is -0.577. The molecule has 0 radical (unpaired) electrons. The zero-order valence-electron chi connectivity index (χ0n) is 14.0. The summed E-state index contributed by atoms with van der Waals surface area (Å²) < 4.78 is 1.78. The molecule has 0 spiro atoms. The topological polar surface area (TPSA) is 102 Å². The van der Waals surface area contributed by atoms with Crippen LogP contribution >= 0.6 is 0 Å². The van der Waals surface area contributed by atoms with Crippen molar-refractivity contribution in [3.05, 3.63) is 36.5 Å². The van der Waals surface area contributed by atoms with Crippen LogP contribution in [0.25, 0.3) is 17.0 Å². The van der Waals surface area contributed by atoms with Crippen molar-refractivity contribution in [1.29, 1.82) is 0 Å². The van der Waals surface area contributed by atoms with E-state index in [1.54, 1.807) is 23.0 Å².